The first-order valence-electron chi connectivity index (χ1n) is 16.3. The minimum Gasteiger partial charge on any atom is -0.488 e. The number of hydrogen-bond acceptors (Lipinski definition) is 8. The molecule has 12 heteroatoms. The molecule has 3 aromatic rings. The minimum absolute atomic E-state index is 0.0485. The number of aryl methyl sites for hydroxylation is 1. The van der Waals surface area contributed by atoms with E-state index in [2.05, 4.69) is 28.6 Å². The Morgan fingerprint density at radius 2 is 1.96 bits per heavy atom. The fourth-order valence-electron chi connectivity index (χ4n) is 7.00. The van der Waals surface area contributed by atoms with Crippen LogP contribution in [0.3, 0.4) is 0 Å². The topological polar surface area (TPSA) is 136 Å². The van der Waals surface area contributed by atoms with Crippen LogP contribution in [0.2, 0.25) is 0 Å². The zero-order chi connectivity index (χ0) is 34.1. The molecule has 4 amide bonds. The molecule has 4 aliphatic heterocycles. The average Bonchev–Trinajstić information content (AvgIpc) is 3.73. The predicted molar refractivity (Wildman–Crippen MR) is 186 cm³/mol. The van der Waals surface area contributed by atoms with Gasteiger partial charge in [-0.15, -0.1) is 0 Å². The number of para-hydroxylation sites is 1. The summed E-state index contributed by atoms with van der Waals surface area (Å²) in [6.07, 6.45) is 2.70. The SMILES string of the molecule is C=CC(=O)N1CC[C@@H](NC(=O)C2=C3NC(=O)N(c4ccc(Oc5cccc(COc6ccccc6C#N)c5)cc4C)C4CCNC(S2)C34)C1. The fourth-order valence-corrected chi connectivity index (χ4v) is 8.40. The van der Waals surface area contributed by atoms with Gasteiger partial charge >= 0.3 is 6.03 Å². The molecule has 49 heavy (non-hydrogen) atoms. The van der Waals surface area contributed by atoms with Crippen LogP contribution in [-0.2, 0) is 16.2 Å². The Kier molecular flexibility index (Phi) is 9.03. The molecule has 11 nitrogen and oxygen atoms in total. The van der Waals surface area contributed by atoms with E-state index in [1.807, 2.05) is 60.4 Å². The molecule has 7 rings (SSSR count). The second-order valence-electron chi connectivity index (χ2n) is 12.5. The highest BCUT2D eigenvalue weighted by Gasteiger charge is 2.52. The Morgan fingerprint density at radius 3 is 2.78 bits per heavy atom. The minimum atomic E-state index is -0.268. The number of amides is 4. The number of piperidine rings is 1. The van der Waals surface area contributed by atoms with Crippen LogP contribution in [0, 0.1) is 24.2 Å². The van der Waals surface area contributed by atoms with Crippen molar-refractivity contribution in [3.05, 3.63) is 107 Å². The number of likely N-dealkylation sites (tertiary alicyclic amines) is 1. The third kappa shape index (κ3) is 6.47. The van der Waals surface area contributed by atoms with Crippen LogP contribution < -0.4 is 30.3 Å². The van der Waals surface area contributed by atoms with E-state index in [1.165, 1.54) is 17.8 Å². The Bertz CT molecular complexity index is 1910. The van der Waals surface area contributed by atoms with Gasteiger partial charge in [-0.05, 0) is 86.0 Å². The molecule has 0 saturated carbocycles. The molecule has 4 atom stereocenters. The van der Waals surface area contributed by atoms with E-state index >= 15 is 0 Å². The molecule has 0 bridgehead atoms. The van der Waals surface area contributed by atoms with Crippen LogP contribution in [0.4, 0.5) is 10.5 Å². The first-order valence-corrected chi connectivity index (χ1v) is 17.2. The summed E-state index contributed by atoms with van der Waals surface area (Å²) in [5.41, 5.74) is 3.71. The van der Waals surface area contributed by atoms with Gasteiger partial charge in [-0.3, -0.25) is 14.5 Å². The first kappa shape index (κ1) is 32.3. The molecule has 0 aromatic heterocycles. The average molecular weight is 677 g/mol. The van der Waals surface area contributed by atoms with E-state index < -0.39 is 0 Å². The summed E-state index contributed by atoms with van der Waals surface area (Å²) in [6, 6.07) is 22.0. The number of urea groups is 1. The number of carbonyl (C=O) groups is 3. The molecule has 3 fully saturated rings. The second-order valence-corrected chi connectivity index (χ2v) is 13.6. The molecule has 0 radical (unpaired) electrons. The number of nitrogens with one attached hydrogen (secondary N) is 3. The molecular formula is C37H36N6O5S. The van der Waals surface area contributed by atoms with Crippen molar-refractivity contribution in [2.24, 2.45) is 5.92 Å². The molecule has 3 N–H and O–H groups in total. The van der Waals surface area contributed by atoms with Crippen LogP contribution in [0.25, 0.3) is 0 Å². The fraction of sp³-hybridized carbons (Fsp3) is 0.297. The number of nitriles is 1. The number of thioether (sulfide) groups is 1. The Labute approximate surface area is 288 Å². The van der Waals surface area contributed by atoms with E-state index in [0.29, 0.717) is 59.5 Å². The van der Waals surface area contributed by atoms with Crippen molar-refractivity contribution in [3.63, 3.8) is 0 Å². The van der Waals surface area contributed by atoms with Gasteiger partial charge in [-0.25, -0.2) is 4.79 Å². The second kappa shape index (κ2) is 13.7. The van der Waals surface area contributed by atoms with Crippen LogP contribution in [0.1, 0.15) is 29.5 Å². The maximum absolute atomic E-state index is 13.8. The summed E-state index contributed by atoms with van der Waals surface area (Å²) in [5, 5.41) is 19.0. The summed E-state index contributed by atoms with van der Waals surface area (Å²) in [4.78, 5) is 43.3. The largest absolute Gasteiger partial charge is 0.488 e. The van der Waals surface area contributed by atoms with Crippen LogP contribution >= 0.6 is 11.8 Å². The van der Waals surface area contributed by atoms with Crippen molar-refractivity contribution in [2.45, 2.75) is 43.8 Å². The Morgan fingerprint density at radius 1 is 1.12 bits per heavy atom. The quantitative estimate of drug-likeness (QED) is 0.272. The van der Waals surface area contributed by atoms with E-state index in [-0.39, 0.29) is 47.8 Å². The summed E-state index contributed by atoms with van der Waals surface area (Å²) in [5.74, 6) is 1.35. The molecular weight excluding hydrogens is 641 g/mol. The van der Waals surface area contributed by atoms with Gasteiger partial charge < -0.3 is 30.3 Å². The number of rotatable bonds is 9. The number of nitrogens with zero attached hydrogens (tertiary/aromatic N) is 3. The maximum Gasteiger partial charge on any atom is 0.326 e. The molecule has 3 unspecified atom stereocenters. The lowest BCUT2D eigenvalue weighted by Crippen LogP contribution is -2.62. The Hall–Kier alpha value is -5.25. The zero-order valence-corrected chi connectivity index (χ0v) is 27.8. The van der Waals surface area contributed by atoms with Gasteiger partial charge in [0.2, 0.25) is 5.91 Å². The molecule has 4 aliphatic rings. The standard InChI is InChI=1S/C37H36N6O5S/c1-3-31(44)42-16-14-25(20-42)40-35(45)34-33-32-29(13-15-39-36(32)49-34)43(37(46)41-33)28-12-11-27(17-22(28)2)48-26-9-6-7-23(18-26)21-47-30-10-5-4-8-24(30)19-38/h3-12,17-18,25,29,32,36,39H,1,13-16,20-21H2,2H3,(H,40,45)(H,41,46)/t25-,29?,32?,36?/m1/s1. The van der Waals surface area contributed by atoms with Crippen molar-refractivity contribution in [1.29, 1.82) is 5.26 Å². The highest BCUT2D eigenvalue weighted by Crippen LogP contribution is 2.48. The number of anilines is 1. The molecule has 4 heterocycles. The van der Waals surface area contributed by atoms with Crippen molar-refractivity contribution in [3.8, 4) is 23.3 Å². The molecule has 0 aliphatic carbocycles. The van der Waals surface area contributed by atoms with Gasteiger partial charge in [-0.2, -0.15) is 5.26 Å². The van der Waals surface area contributed by atoms with E-state index in [4.69, 9.17) is 9.47 Å². The number of benzene rings is 3. The highest BCUT2D eigenvalue weighted by molar-refractivity contribution is 8.04. The van der Waals surface area contributed by atoms with Crippen LogP contribution in [-0.4, -0.2) is 59.8 Å². The Balaban J connectivity index is 1.04. The van der Waals surface area contributed by atoms with Gasteiger partial charge in [0.15, 0.2) is 0 Å². The lowest BCUT2D eigenvalue weighted by atomic mass is 9.86. The third-order valence-corrected chi connectivity index (χ3v) is 10.7. The van der Waals surface area contributed by atoms with Crippen molar-refractivity contribution < 1.29 is 23.9 Å². The summed E-state index contributed by atoms with van der Waals surface area (Å²) in [6.45, 7) is 7.52. The maximum atomic E-state index is 13.8. The summed E-state index contributed by atoms with van der Waals surface area (Å²) in [7, 11) is 0. The lowest BCUT2D eigenvalue weighted by molar-refractivity contribution is -0.125. The van der Waals surface area contributed by atoms with Crippen molar-refractivity contribution >= 4 is 35.3 Å². The van der Waals surface area contributed by atoms with Crippen LogP contribution in [0.15, 0.2) is 90.0 Å². The number of carbonyl (C=O) groups excluding carboxylic acids is 3. The summed E-state index contributed by atoms with van der Waals surface area (Å²) >= 11 is 1.46. The van der Waals surface area contributed by atoms with E-state index in [0.717, 1.165) is 23.2 Å². The van der Waals surface area contributed by atoms with E-state index in [9.17, 15) is 19.6 Å². The van der Waals surface area contributed by atoms with Gasteiger partial charge in [0.1, 0.15) is 29.9 Å². The summed E-state index contributed by atoms with van der Waals surface area (Å²) < 4.78 is 12.1. The van der Waals surface area contributed by atoms with Crippen molar-refractivity contribution in [1.82, 2.24) is 20.9 Å². The van der Waals surface area contributed by atoms with E-state index in [1.54, 1.807) is 23.1 Å². The first-order chi connectivity index (χ1) is 23.8. The lowest BCUT2D eigenvalue weighted by Gasteiger charge is -2.46. The molecule has 3 saturated heterocycles. The zero-order valence-electron chi connectivity index (χ0n) is 27.0. The van der Waals surface area contributed by atoms with Gasteiger partial charge in [-0.1, -0.05) is 42.6 Å². The van der Waals surface area contributed by atoms with Gasteiger partial charge in [0, 0.05) is 36.4 Å². The van der Waals surface area contributed by atoms with Gasteiger partial charge in [0.25, 0.3) is 5.91 Å². The number of ether oxygens (including phenoxy) is 2. The highest BCUT2D eigenvalue weighted by atomic mass is 32.2. The van der Waals surface area contributed by atoms with Crippen LogP contribution in [0.5, 0.6) is 17.2 Å². The smallest absolute Gasteiger partial charge is 0.326 e. The molecule has 0 spiro atoms. The number of hydrogen-bond donors (Lipinski definition) is 3. The van der Waals surface area contributed by atoms with Gasteiger partial charge in [0.05, 0.1) is 21.9 Å². The monoisotopic (exact) mass is 676 g/mol. The third-order valence-electron chi connectivity index (χ3n) is 9.32. The molecule has 250 valence electrons. The molecule has 3 aromatic carbocycles. The predicted octanol–water partition coefficient (Wildman–Crippen LogP) is 4.93. The normalized spacial score (nSPS) is 22.6. The van der Waals surface area contributed by atoms with Crippen molar-refractivity contribution in [2.75, 3.05) is 24.5 Å².